The van der Waals surface area contributed by atoms with Crippen LogP contribution in [-0.2, 0) is 5.75 Å². The zero-order chi connectivity index (χ0) is 14.7. The van der Waals surface area contributed by atoms with Crippen molar-refractivity contribution >= 4 is 22.7 Å². The largest absolute Gasteiger partial charge is 0.389 e. The number of nitrogens with zero attached hydrogens (tertiary/aromatic N) is 1. The average molecular weight is 295 g/mol. The van der Waals surface area contributed by atoms with Gasteiger partial charge < -0.3 is 5.11 Å². The second-order valence-corrected chi connectivity index (χ2v) is 6.08. The summed E-state index contributed by atoms with van der Waals surface area (Å²) in [5, 5.41) is 10.8. The highest BCUT2D eigenvalue weighted by molar-refractivity contribution is 7.98. The number of rotatable bonds is 4. The molecule has 0 aliphatic heterocycles. The first-order valence-corrected chi connectivity index (χ1v) is 7.96. The van der Waals surface area contributed by atoms with Crippen molar-refractivity contribution in [3.05, 3.63) is 71.9 Å². The highest BCUT2D eigenvalue weighted by atomic mass is 32.2. The van der Waals surface area contributed by atoms with Gasteiger partial charge in [-0.05, 0) is 36.8 Å². The lowest BCUT2D eigenvalue weighted by atomic mass is 10.1. The second-order valence-electron chi connectivity index (χ2n) is 5.03. The molecule has 1 heterocycles. The summed E-state index contributed by atoms with van der Waals surface area (Å²) >= 11 is 1.74. The molecule has 3 heteroatoms. The van der Waals surface area contributed by atoms with Crippen LogP contribution in [0.2, 0.25) is 0 Å². The van der Waals surface area contributed by atoms with Crippen LogP contribution in [0.5, 0.6) is 0 Å². The van der Waals surface area contributed by atoms with Crippen LogP contribution < -0.4 is 0 Å². The molecule has 106 valence electrons. The maximum Gasteiger partial charge on any atom is 0.0762 e. The Hall–Kier alpha value is -1.84. The van der Waals surface area contributed by atoms with E-state index in [-0.39, 0.29) is 0 Å². The fourth-order valence-corrected chi connectivity index (χ4v) is 3.08. The van der Waals surface area contributed by atoms with Crippen LogP contribution in [0.3, 0.4) is 0 Å². The van der Waals surface area contributed by atoms with Gasteiger partial charge in [0, 0.05) is 16.0 Å². The minimum Gasteiger partial charge on any atom is -0.389 e. The maximum atomic E-state index is 9.63. The van der Waals surface area contributed by atoms with Crippen LogP contribution in [0.1, 0.15) is 24.3 Å². The molecule has 2 nitrogen and oxygen atoms in total. The van der Waals surface area contributed by atoms with Crippen LogP contribution in [-0.4, -0.2) is 10.1 Å². The lowest BCUT2D eigenvalue weighted by Gasteiger charge is -2.07. The summed E-state index contributed by atoms with van der Waals surface area (Å²) < 4.78 is 0. The van der Waals surface area contributed by atoms with Gasteiger partial charge in [0.05, 0.1) is 17.3 Å². The Bertz CT molecular complexity index is 755. The van der Waals surface area contributed by atoms with E-state index < -0.39 is 6.10 Å². The molecule has 0 saturated heterocycles. The van der Waals surface area contributed by atoms with Gasteiger partial charge in [-0.2, -0.15) is 0 Å². The van der Waals surface area contributed by atoms with E-state index in [1.54, 1.807) is 18.7 Å². The van der Waals surface area contributed by atoms with E-state index in [0.29, 0.717) is 0 Å². The van der Waals surface area contributed by atoms with E-state index in [1.165, 1.54) is 5.39 Å². The van der Waals surface area contributed by atoms with Gasteiger partial charge in [0.25, 0.3) is 0 Å². The van der Waals surface area contributed by atoms with Crippen molar-refractivity contribution in [3.8, 4) is 0 Å². The SMILES string of the molecule is CC(O)c1cccc(SCc2ccc3ccccc3n2)c1. The summed E-state index contributed by atoms with van der Waals surface area (Å²) in [6.45, 7) is 1.79. The smallest absolute Gasteiger partial charge is 0.0762 e. The Balaban J connectivity index is 1.75. The topological polar surface area (TPSA) is 33.1 Å². The van der Waals surface area contributed by atoms with Crippen LogP contribution in [0, 0.1) is 0 Å². The molecule has 0 aliphatic rings. The highest BCUT2D eigenvalue weighted by Crippen LogP contribution is 2.25. The zero-order valence-corrected chi connectivity index (χ0v) is 12.7. The molecular weight excluding hydrogens is 278 g/mol. The molecule has 1 atom stereocenters. The first-order valence-electron chi connectivity index (χ1n) is 6.98. The van der Waals surface area contributed by atoms with E-state index in [9.17, 15) is 5.11 Å². The summed E-state index contributed by atoms with van der Waals surface area (Å²) in [6.07, 6.45) is -0.427. The van der Waals surface area contributed by atoms with Crippen molar-refractivity contribution in [2.75, 3.05) is 0 Å². The number of fused-ring (bicyclic) bond motifs is 1. The Labute approximate surface area is 128 Å². The summed E-state index contributed by atoms with van der Waals surface area (Å²) in [5.74, 6) is 0.827. The first kappa shape index (κ1) is 14.1. The van der Waals surface area contributed by atoms with Gasteiger partial charge in [-0.15, -0.1) is 11.8 Å². The number of para-hydroxylation sites is 1. The summed E-state index contributed by atoms with van der Waals surface area (Å²) in [5.41, 5.74) is 3.06. The minimum atomic E-state index is -0.427. The molecule has 0 bridgehead atoms. The third-order valence-electron chi connectivity index (χ3n) is 3.38. The molecular formula is C18H17NOS. The zero-order valence-electron chi connectivity index (χ0n) is 11.9. The standard InChI is InChI=1S/C18H17NOS/c1-13(20)15-6-4-7-17(11-15)21-12-16-10-9-14-5-2-3-8-18(14)19-16/h2-11,13,20H,12H2,1H3. The second kappa shape index (κ2) is 6.29. The molecule has 0 amide bonds. The van der Waals surface area contributed by atoms with Crippen LogP contribution >= 0.6 is 11.8 Å². The molecule has 0 saturated carbocycles. The Morgan fingerprint density at radius 2 is 1.90 bits per heavy atom. The predicted molar refractivity (Wildman–Crippen MR) is 88.4 cm³/mol. The average Bonchev–Trinajstić information content (AvgIpc) is 2.53. The van der Waals surface area contributed by atoms with Crippen molar-refractivity contribution in [1.82, 2.24) is 4.98 Å². The summed E-state index contributed by atoms with van der Waals surface area (Å²) in [7, 11) is 0. The van der Waals surface area contributed by atoms with Gasteiger partial charge in [0.15, 0.2) is 0 Å². The fraction of sp³-hybridized carbons (Fsp3) is 0.167. The van der Waals surface area contributed by atoms with E-state index in [0.717, 1.165) is 27.4 Å². The van der Waals surface area contributed by atoms with Crippen molar-refractivity contribution in [2.24, 2.45) is 0 Å². The number of pyridine rings is 1. The minimum absolute atomic E-state index is 0.427. The molecule has 0 aliphatic carbocycles. The molecule has 3 rings (SSSR count). The molecule has 0 radical (unpaired) electrons. The first-order chi connectivity index (χ1) is 10.2. The van der Waals surface area contributed by atoms with E-state index in [4.69, 9.17) is 0 Å². The Morgan fingerprint density at radius 1 is 1.05 bits per heavy atom. The molecule has 0 spiro atoms. The molecule has 3 aromatic rings. The number of aromatic nitrogens is 1. The van der Waals surface area contributed by atoms with Crippen LogP contribution in [0.4, 0.5) is 0 Å². The third kappa shape index (κ3) is 3.43. The van der Waals surface area contributed by atoms with Crippen molar-refractivity contribution in [1.29, 1.82) is 0 Å². The monoisotopic (exact) mass is 295 g/mol. The van der Waals surface area contributed by atoms with Crippen molar-refractivity contribution < 1.29 is 5.11 Å². The lowest BCUT2D eigenvalue weighted by Crippen LogP contribution is -1.91. The molecule has 21 heavy (non-hydrogen) atoms. The number of hydrogen-bond acceptors (Lipinski definition) is 3. The predicted octanol–water partition coefficient (Wildman–Crippen LogP) is 4.58. The van der Waals surface area contributed by atoms with Crippen LogP contribution in [0.25, 0.3) is 10.9 Å². The number of hydrogen-bond donors (Lipinski definition) is 1. The van der Waals surface area contributed by atoms with Crippen molar-refractivity contribution in [2.45, 2.75) is 23.7 Å². The summed E-state index contributed by atoms with van der Waals surface area (Å²) in [6, 6.07) is 20.4. The molecule has 2 aromatic carbocycles. The number of benzene rings is 2. The van der Waals surface area contributed by atoms with Crippen LogP contribution in [0.15, 0.2) is 65.6 Å². The van der Waals surface area contributed by atoms with Gasteiger partial charge in [0.1, 0.15) is 0 Å². The molecule has 1 unspecified atom stereocenters. The number of aliphatic hydroxyl groups excluding tert-OH is 1. The van der Waals surface area contributed by atoms with E-state index in [2.05, 4.69) is 29.2 Å². The van der Waals surface area contributed by atoms with Gasteiger partial charge in [-0.3, -0.25) is 4.98 Å². The van der Waals surface area contributed by atoms with Gasteiger partial charge in [-0.25, -0.2) is 0 Å². The van der Waals surface area contributed by atoms with Gasteiger partial charge >= 0.3 is 0 Å². The molecule has 1 N–H and O–H groups in total. The van der Waals surface area contributed by atoms with Gasteiger partial charge in [0.2, 0.25) is 0 Å². The Kier molecular flexibility index (Phi) is 4.23. The normalized spacial score (nSPS) is 12.5. The quantitative estimate of drug-likeness (QED) is 0.715. The Morgan fingerprint density at radius 3 is 2.76 bits per heavy atom. The van der Waals surface area contributed by atoms with Crippen molar-refractivity contribution in [3.63, 3.8) is 0 Å². The number of aliphatic hydroxyl groups is 1. The fourth-order valence-electron chi connectivity index (χ4n) is 2.21. The molecule has 0 fully saturated rings. The van der Waals surface area contributed by atoms with E-state index in [1.807, 2.05) is 36.4 Å². The molecule has 1 aromatic heterocycles. The highest BCUT2D eigenvalue weighted by Gasteiger charge is 2.03. The van der Waals surface area contributed by atoms with Gasteiger partial charge in [-0.1, -0.05) is 36.4 Å². The maximum absolute atomic E-state index is 9.63. The third-order valence-corrected chi connectivity index (χ3v) is 4.41. The van der Waals surface area contributed by atoms with E-state index >= 15 is 0 Å². The summed E-state index contributed by atoms with van der Waals surface area (Å²) in [4.78, 5) is 5.83. The lowest BCUT2D eigenvalue weighted by molar-refractivity contribution is 0.199. The number of thioether (sulfide) groups is 1.